The summed E-state index contributed by atoms with van der Waals surface area (Å²) in [7, 11) is 0. The minimum atomic E-state index is -0.258. The second kappa shape index (κ2) is 12.9. The molecule has 186 valence electrons. The van der Waals surface area contributed by atoms with Crippen LogP contribution in [0.25, 0.3) is 0 Å². The van der Waals surface area contributed by atoms with Gasteiger partial charge in [-0.3, -0.25) is 9.59 Å². The number of hydrogen-bond acceptors (Lipinski definition) is 6. The van der Waals surface area contributed by atoms with Gasteiger partial charge in [-0.25, -0.2) is 0 Å². The number of ether oxygens (including phenoxy) is 1. The number of halogens is 2. The number of anilines is 1. The quantitative estimate of drug-likeness (QED) is 0.300. The molecule has 2 N–H and O–H groups in total. The summed E-state index contributed by atoms with van der Waals surface area (Å²) in [5.41, 5.74) is 1.86. The Hall–Kier alpha value is -2.56. The molecule has 0 spiro atoms. The summed E-state index contributed by atoms with van der Waals surface area (Å²) >= 11 is 10.6. The van der Waals surface area contributed by atoms with E-state index in [-0.39, 0.29) is 30.7 Å². The molecule has 0 fully saturated rings. The van der Waals surface area contributed by atoms with Crippen LogP contribution in [-0.4, -0.2) is 38.9 Å². The number of nitrogens with zero attached hydrogens (tertiary/aromatic N) is 3. The SMILES string of the molecule is CCn1c(CNC(=O)COc2ccc(C(C)C)cc2)nnc1SCC(=O)Nc1ccc(Cl)c(Br)c1. The van der Waals surface area contributed by atoms with E-state index in [0.29, 0.717) is 44.4 Å². The van der Waals surface area contributed by atoms with Crippen LogP contribution in [0, 0.1) is 0 Å². The Labute approximate surface area is 222 Å². The number of thioether (sulfide) groups is 1. The lowest BCUT2D eigenvalue weighted by molar-refractivity contribution is -0.123. The van der Waals surface area contributed by atoms with E-state index in [1.54, 1.807) is 18.2 Å². The lowest BCUT2D eigenvalue weighted by atomic mass is 10.0. The summed E-state index contributed by atoms with van der Waals surface area (Å²) in [6.07, 6.45) is 0. The zero-order valence-corrected chi connectivity index (χ0v) is 22.8. The topological polar surface area (TPSA) is 98.1 Å². The second-order valence-electron chi connectivity index (χ2n) is 7.90. The number of hydrogen-bond donors (Lipinski definition) is 2. The second-order valence-corrected chi connectivity index (χ2v) is 10.1. The van der Waals surface area contributed by atoms with Gasteiger partial charge < -0.3 is 19.9 Å². The third kappa shape index (κ3) is 7.98. The van der Waals surface area contributed by atoms with Gasteiger partial charge in [0.05, 0.1) is 17.3 Å². The molecule has 2 aromatic carbocycles. The molecule has 0 aliphatic carbocycles. The predicted molar refractivity (Wildman–Crippen MR) is 142 cm³/mol. The van der Waals surface area contributed by atoms with Gasteiger partial charge in [-0.05, 0) is 64.7 Å². The molecule has 0 aliphatic heterocycles. The van der Waals surface area contributed by atoms with E-state index in [2.05, 4.69) is 50.6 Å². The molecule has 1 heterocycles. The van der Waals surface area contributed by atoms with Crippen molar-refractivity contribution in [3.63, 3.8) is 0 Å². The van der Waals surface area contributed by atoms with Gasteiger partial charge in [0.1, 0.15) is 5.75 Å². The molecule has 0 saturated carbocycles. The smallest absolute Gasteiger partial charge is 0.258 e. The Morgan fingerprint density at radius 3 is 2.54 bits per heavy atom. The first-order chi connectivity index (χ1) is 16.8. The van der Waals surface area contributed by atoms with Crippen molar-refractivity contribution in [2.75, 3.05) is 17.7 Å². The van der Waals surface area contributed by atoms with Crippen LogP contribution >= 0.6 is 39.3 Å². The van der Waals surface area contributed by atoms with E-state index in [4.69, 9.17) is 16.3 Å². The zero-order chi connectivity index (χ0) is 25.4. The molecule has 0 unspecified atom stereocenters. The van der Waals surface area contributed by atoms with Crippen LogP contribution in [0.1, 0.15) is 38.1 Å². The van der Waals surface area contributed by atoms with Crippen LogP contribution in [-0.2, 0) is 22.7 Å². The Morgan fingerprint density at radius 2 is 1.89 bits per heavy atom. The van der Waals surface area contributed by atoms with Crippen molar-refractivity contribution < 1.29 is 14.3 Å². The molecule has 0 bridgehead atoms. The Morgan fingerprint density at radius 1 is 1.14 bits per heavy atom. The first-order valence-corrected chi connectivity index (χ1v) is 13.2. The molecular formula is C24H27BrClN5O3S. The first kappa shape index (κ1) is 27.0. The first-order valence-electron chi connectivity index (χ1n) is 11.1. The minimum absolute atomic E-state index is 0.0934. The Kier molecular flexibility index (Phi) is 10.00. The minimum Gasteiger partial charge on any atom is -0.484 e. The molecule has 8 nitrogen and oxygen atoms in total. The summed E-state index contributed by atoms with van der Waals surface area (Å²) in [5.74, 6) is 1.41. The van der Waals surface area contributed by atoms with E-state index < -0.39 is 0 Å². The lowest BCUT2D eigenvalue weighted by Gasteiger charge is -2.10. The molecule has 2 amide bonds. The Bertz CT molecular complexity index is 1170. The number of carbonyl (C=O) groups excluding carboxylic acids is 2. The summed E-state index contributed by atoms with van der Waals surface area (Å²) in [6.45, 7) is 6.92. The maximum absolute atomic E-state index is 12.3. The van der Waals surface area contributed by atoms with Crippen molar-refractivity contribution in [3.8, 4) is 5.75 Å². The van der Waals surface area contributed by atoms with Crippen molar-refractivity contribution in [2.24, 2.45) is 0 Å². The number of carbonyl (C=O) groups is 2. The third-order valence-electron chi connectivity index (χ3n) is 5.01. The normalized spacial score (nSPS) is 10.9. The van der Waals surface area contributed by atoms with Crippen LogP contribution in [0.3, 0.4) is 0 Å². The molecule has 0 aliphatic rings. The largest absolute Gasteiger partial charge is 0.484 e. The number of amides is 2. The van der Waals surface area contributed by atoms with Gasteiger partial charge in [0.25, 0.3) is 5.91 Å². The standard InChI is InChI=1S/C24H27BrClN5O3S/c1-4-31-21(12-27-22(32)13-34-18-8-5-16(6-9-18)15(2)3)29-30-24(31)35-14-23(33)28-17-7-10-20(26)19(25)11-17/h5-11,15H,4,12-14H2,1-3H3,(H,27,32)(H,28,33). The molecule has 1 aromatic heterocycles. The summed E-state index contributed by atoms with van der Waals surface area (Å²) in [4.78, 5) is 24.6. The highest BCUT2D eigenvalue weighted by molar-refractivity contribution is 9.10. The fourth-order valence-electron chi connectivity index (χ4n) is 3.10. The summed E-state index contributed by atoms with van der Waals surface area (Å²) < 4.78 is 8.14. The van der Waals surface area contributed by atoms with Gasteiger partial charge >= 0.3 is 0 Å². The van der Waals surface area contributed by atoms with E-state index >= 15 is 0 Å². The average Bonchev–Trinajstić information content (AvgIpc) is 3.24. The van der Waals surface area contributed by atoms with Crippen molar-refractivity contribution in [1.82, 2.24) is 20.1 Å². The number of rotatable bonds is 11. The van der Waals surface area contributed by atoms with Gasteiger partial charge in [0.2, 0.25) is 5.91 Å². The molecular weight excluding hydrogens is 554 g/mol. The zero-order valence-electron chi connectivity index (χ0n) is 19.7. The highest BCUT2D eigenvalue weighted by Gasteiger charge is 2.15. The summed E-state index contributed by atoms with van der Waals surface area (Å²) in [6, 6.07) is 12.9. The van der Waals surface area contributed by atoms with E-state index in [0.717, 1.165) is 0 Å². The van der Waals surface area contributed by atoms with E-state index in [9.17, 15) is 9.59 Å². The van der Waals surface area contributed by atoms with E-state index in [1.807, 2.05) is 35.8 Å². The third-order valence-corrected chi connectivity index (χ3v) is 7.19. The number of nitrogens with one attached hydrogen (secondary N) is 2. The molecule has 0 saturated heterocycles. The van der Waals surface area contributed by atoms with Crippen molar-refractivity contribution in [1.29, 1.82) is 0 Å². The molecule has 35 heavy (non-hydrogen) atoms. The maximum atomic E-state index is 12.3. The number of aromatic nitrogens is 3. The number of benzene rings is 2. The Balaban J connectivity index is 1.47. The highest BCUT2D eigenvalue weighted by Crippen LogP contribution is 2.26. The van der Waals surface area contributed by atoms with Crippen LogP contribution in [0.15, 0.2) is 52.1 Å². The molecule has 3 aromatic rings. The molecule has 0 radical (unpaired) electrons. The highest BCUT2D eigenvalue weighted by atomic mass is 79.9. The maximum Gasteiger partial charge on any atom is 0.258 e. The molecule has 0 atom stereocenters. The lowest BCUT2D eigenvalue weighted by Crippen LogP contribution is -2.29. The van der Waals surface area contributed by atoms with Gasteiger partial charge in [0.15, 0.2) is 17.6 Å². The molecule has 11 heteroatoms. The van der Waals surface area contributed by atoms with Crippen molar-refractivity contribution >= 4 is 56.8 Å². The average molecular weight is 581 g/mol. The van der Waals surface area contributed by atoms with Gasteiger partial charge in [-0.15, -0.1) is 10.2 Å². The molecule has 3 rings (SSSR count). The monoisotopic (exact) mass is 579 g/mol. The van der Waals surface area contributed by atoms with E-state index in [1.165, 1.54) is 17.3 Å². The summed E-state index contributed by atoms with van der Waals surface area (Å²) in [5, 5.41) is 15.1. The van der Waals surface area contributed by atoms with Gasteiger partial charge in [-0.1, -0.05) is 49.3 Å². The van der Waals surface area contributed by atoms with Crippen LogP contribution < -0.4 is 15.4 Å². The fourth-order valence-corrected chi connectivity index (χ4v) is 4.42. The van der Waals surface area contributed by atoms with Gasteiger partial charge in [0, 0.05) is 16.7 Å². The van der Waals surface area contributed by atoms with Crippen molar-refractivity contribution in [2.45, 2.75) is 44.9 Å². The fraction of sp³-hybridized carbons (Fsp3) is 0.333. The van der Waals surface area contributed by atoms with Crippen LogP contribution in [0.5, 0.6) is 5.75 Å². The predicted octanol–water partition coefficient (Wildman–Crippen LogP) is 5.26. The van der Waals surface area contributed by atoms with Crippen LogP contribution in [0.2, 0.25) is 5.02 Å². The van der Waals surface area contributed by atoms with Gasteiger partial charge in [-0.2, -0.15) is 0 Å². The van der Waals surface area contributed by atoms with Crippen LogP contribution in [0.4, 0.5) is 5.69 Å². The van der Waals surface area contributed by atoms with Crippen molar-refractivity contribution in [3.05, 3.63) is 63.3 Å².